The van der Waals surface area contributed by atoms with Gasteiger partial charge in [0.25, 0.3) is 0 Å². The number of unbranched alkanes of at least 4 members (excludes halogenated alkanes) is 8. The number of nitrogens with two attached hydrogens (primary N) is 2. The van der Waals surface area contributed by atoms with Crippen LogP contribution in [0.25, 0.3) is 0 Å². The molecule has 0 saturated carbocycles. The Bertz CT molecular complexity index is 2210. The fourth-order valence-corrected chi connectivity index (χ4v) is 9.08. The molecule has 0 radical (unpaired) electrons. The van der Waals surface area contributed by atoms with Crippen LogP contribution in [0.4, 0.5) is 0 Å². The average Bonchev–Trinajstić information content (AvgIpc) is 3.34. The molecule has 0 fully saturated rings. The summed E-state index contributed by atoms with van der Waals surface area (Å²) in [6.07, 6.45) is 9.75. The molecule has 0 aliphatic carbocycles. The van der Waals surface area contributed by atoms with Gasteiger partial charge >= 0.3 is 35.8 Å². The minimum Gasteiger partial charge on any atom is -0.466 e. The fourth-order valence-electron chi connectivity index (χ4n) is 8.59. The number of allylic oxidation sites excluding steroid dienone is 4. The van der Waals surface area contributed by atoms with Gasteiger partial charge in [-0.1, -0.05) is 98.1 Å². The summed E-state index contributed by atoms with van der Waals surface area (Å²) in [7, 11) is 2.37. The summed E-state index contributed by atoms with van der Waals surface area (Å²) in [5.41, 5.74) is 12.9. The molecule has 0 saturated heterocycles. The van der Waals surface area contributed by atoms with Crippen molar-refractivity contribution in [2.24, 2.45) is 11.5 Å². The fraction of sp³-hybridized carbons (Fsp3) is 0.462. The number of hydrogen-bond acceptors (Lipinski definition) is 16. The molecule has 2 aliphatic rings. The number of nitrogens with zero attached hydrogens (tertiary/aromatic N) is 2. The van der Waals surface area contributed by atoms with Crippen molar-refractivity contribution in [2.45, 2.75) is 117 Å². The Kier molecular flexibility index (Phi) is 23.2. The van der Waals surface area contributed by atoms with Crippen molar-refractivity contribution in [1.29, 1.82) is 0 Å². The molecule has 0 bridgehead atoms. The van der Waals surface area contributed by atoms with Gasteiger partial charge in [0.15, 0.2) is 0 Å². The lowest BCUT2D eigenvalue weighted by Crippen LogP contribution is -2.37. The molecule has 2 aromatic carbocycles. The summed E-state index contributed by atoms with van der Waals surface area (Å²) in [5.74, 6) is -7.52. The van der Waals surface area contributed by atoms with E-state index in [0.29, 0.717) is 37.1 Å². The third-order valence-electron chi connectivity index (χ3n) is 11.8. The van der Waals surface area contributed by atoms with Crippen LogP contribution in [0.15, 0.2) is 106 Å². The summed E-state index contributed by atoms with van der Waals surface area (Å²) in [6.45, 7) is 7.45. The molecular weight excluding hydrogens is 943 g/mol. The molecule has 0 unspecified atom stereocenters. The van der Waals surface area contributed by atoms with E-state index in [2.05, 4.69) is 0 Å². The van der Waals surface area contributed by atoms with Crippen LogP contribution in [-0.2, 0) is 57.4 Å². The Balaban J connectivity index is 1.82. The van der Waals surface area contributed by atoms with Crippen LogP contribution >= 0.6 is 23.2 Å². The normalized spacial score (nSPS) is 16.2. The molecular formula is C52H66Cl2N4O12. The van der Waals surface area contributed by atoms with E-state index < -0.39 is 47.7 Å². The highest BCUT2D eigenvalue weighted by Crippen LogP contribution is 2.48. The van der Waals surface area contributed by atoms with E-state index in [9.17, 15) is 28.8 Å². The molecule has 380 valence electrons. The van der Waals surface area contributed by atoms with Crippen LogP contribution in [0.5, 0.6) is 0 Å². The highest BCUT2D eigenvalue weighted by molar-refractivity contribution is 6.32. The molecule has 4 rings (SSSR count). The molecule has 2 aromatic rings. The topological polar surface area (TPSA) is 216 Å². The molecule has 2 atom stereocenters. The molecule has 0 amide bonds. The van der Waals surface area contributed by atoms with Crippen molar-refractivity contribution in [3.05, 3.63) is 127 Å². The van der Waals surface area contributed by atoms with Gasteiger partial charge in [-0.2, -0.15) is 10.1 Å². The standard InChI is InChI=1S/C52H66Cl2N4O12/c1-7-67-51(63)47-39(27-15-11-9-13-21-31-55)57(33(3)43(49(61)65-5)45(47)35-23-17-19-25-37(35)53)69-41(59)29-30-42(60)70-58-34(4)44(50(62)66-6)46(36-24-18-20-26-38(36)54)48(52(64)68-8-2)40(58)28-16-12-10-14-22-32-56/h17-20,23-26,29-30,45-46H,7-16,21-22,27-28,31-32,55-56H2,1-6H3/b30-29+/t45-,46-/m0/s1. The second-order valence-electron chi connectivity index (χ2n) is 16.4. The second-order valence-corrected chi connectivity index (χ2v) is 17.2. The van der Waals surface area contributed by atoms with Crippen LogP contribution < -0.4 is 11.5 Å². The van der Waals surface area contributed by atoms with E-state index in [1.165, 1.54) is 28.1 Å². The lowest BCUT2D eigenvalue weighted by molar-refractivity contribution is -0.172. The number of hydroxylamine groups is 4. The van der Waals surface area contributed by atoms with E-state index in [4.69, 9.17) is 63.3 Å². The monoisotopic (exact) mass is 1010 g/mol. The van der Waals surface area contributed by atoms with Crippen LogP contribution in [0.3, 0.4) is 0 Å². The Morgan fingerprint density at radius 1 is 0.529 bits per heavy atom. The van der Waals surface area contributed by atoms with Crippen molar-refractivity contribution >= 4 is 59.0 Å². The van der Waals surface area contributed by atoms with E-state index in [-0.39, 0.29) is 81.2 Å². The van der Waals surface area contributed by atoms with Gasteiger partial charge in [0.2, 0.25) is 0 Å². The number of rotatable bonds is 26. The zero-order chi connectivity index (χ0) is 51.3. The van der Waals surface area contributed by atoms with Gasteiger partial charge < -0.3 is 40.1 Å². The van der Waals surface area contributed by atoms with Crippen LogP contribution in [-0.4, -0.2) is 86.5 Å². The van der Waals surface area contributed by atoms with Gasteiger partial charge in [-0.15, -0.1) is 0 Å². The maximum atomic E-state index is 14.1. The predicted octanol–water partition coefficient (Wildman–Crippen LogP) is 9.09. The maximum absolute atomic E-state index is 14.1. The summed E-state index contributed by atoms with van der Waals surface area (Å²) in [5, 5.41) is 2.73. The first-order valence-electron chi connectivity index (χ1n) is 23.7. The SMILES string of the molecule is CCOC(=O)C1=C(CCCCCCCN)N(OC(=O)/C=C/C(=O)ON2C(C)=C(C(=O)OC)[C@H](c3ccccc3Cl)C(C(=O)OCC)=C2CCCCCCCN)C(C)=C(C(=O)OC)[C@@H]1c1ccccc1Cl. The number of carbonyl (C=O) groups is 6. The third kappa shape index (κ3) is 14.3. The Morgan fingerprint density at radius 2 is 0.871 bits per heavy atom. The maximum Gasteiger partial charge on any atom is 0.356 e. The average molecular weight is 1010 g/mol. The van der Waals surface area contributed by atoms with Gasteiger partial charge in [0.05, 0.1) is 84.3 Å². The van der Waals surface area contributed by atoms with Gasteiger partial charge in [-0.3, -0.25) is 0 Å². The quantitative estimate of drug-likeness (QED) is 0.0389. The zero-order valence-corrected chi connectivity index (χ0v) is 42.5. The number of ether oxygens (including phenoxy) is 4. The Labute approximate surface area is 420 Å². The molecule has 2 heterocycles. The van der Waals surface area contributed by atoms with Gasteiger partial charge in [0, 0.05) is 22.2 Å². The van der Waals surface area contributed by atoms with Crippen molar-refractivity contribution in [2.75, 3.05) is 40.5 Å². The van der Waals surface area contributed by atoms with Crippen molar-refractivity contribution in [1.82, 2.24) is 10.1 Å². The first-order valence-corrected chi connectivity index (χ1v) is 24.5. The second kappa shape index (κ2) is 28.7. The zero-order valence-electron chi connectivity index (χ0n) is 40.9. The lowest BCUT2D eigenvalue weighted by atomic mass is 9.79. The van der Waals surface area contributed by atoms with E-state index in [0.717, 1.165) is 73.6 Å². The van der Waals surface area contributed by atoms with Crippen LogP contribution in [0.1, 0.15) is 128 Å². The molecule has 16 nitrogen and oxygen atoms in total. The third-order valence-corrected chi connectivity index (χ3v) is 12.5. The number of methoxy groups -OCH3 is 2. The molecule has 18 heteroatoms. The Morgan fingerprint density at radius 3 is 1.20 bits per heavy atom. The number of halogens is 2. The highest BCUT2D eigenvalue weighted by atomic mass is 35.5. The summed E-state index contributed by atoms with van der Waals surface area (Å²) >= 11 is 13.5. The number of esters is 4. The van der Waals surface area contributed by atoms with E-state index in [1.807, 2.05) is 0 Å². The number of hydrogen-bond donors (Lipinski definition) is 2. The Hall–Kier alpha value is -5.94. The minimum atomic E-state index is -1.10. The van der Waals surface area contributed by atoms with Crippen LogP contribution in [0, 0.1) is 0 Å². The van der Waals surface area contributed by atoms with Crippen molar-refractivity contribution in [3.63, 3.8) is 0 Å². The van der Waals surface area contributed by atoms with Crippen molar-refractivity contribution < 1.29 is 57.4 Å². The van der Waals surface area contributed by atoms with Crippen LogP contribution in [0.2, 0.25) is 10.0 Å². The largest absolute Gasteiger partial charge is 0.466 e. The number of benzene rings is 2. The van der Waals surface area contributed by atoms with E-state index in [1.54, 1.807) is 62.4 Å². The molecule has 2 aliphatic heterocycles. The first kappa shape index (κ1) is 56.6. The smallest absolute Gasteiger partial charge is 0.356 e. The molecule has 0 spiro atoms. The molecule has 70 heavy (non-hydrogen) atoms. The molecule has 4 N–H and O–H groups in total. The van der Waals surface area contributed by atoms with Gasteiger partial charge in [0.1, 0.15) is 0 Å². The van der Waals surface area contributed by atoms with Gasteiger partial charge in [-0.25, -0.2) is 28.8 Å². The molecule has 0 aromatic heterocycles. The summed E-state index contributed by atoms with van der Waals surface area (Å²) in [6, 6.07) is 13.5. The highest BCUT2D eigenvalue weighted by Gasteiger charge is 2.45. The lowest BCUT2D eigenvalue weighted by Gasteiger charge is -2.37. The minimum absolute atomic E-state index is 0.00866. The number of carbonyl (C=O) groups excluding carboxylic acids is 6. The predicted molar refractivity (Wildman–Crippen MR) is 264 cm³/mol. The summed E-state index contributed by atoms with van der Waals surface area (Å²) in [4.78, 5) is 95.6. The van der Waals surface area contributed by atoms with E-state index >= 15 is 0 Å². The van der Waals surface area contributed by atoms with Gasteiger partial charge in [-0.05, 0) is 103 Å². The van der Waals surface area contributed by atoms with Crippen molar-refractivity contribution in [3.8, 4) is 0 Å². The first-order chi connectivity index (χ1) is 33.7. The summed E-state index contributed by atoms with van der Waals surface area (Å²) < 4.78 is 21.6.